The van der Waals surface area contributed by atoms with E-state index >= 15 is 0 Å². The van der Waals surface area contributed by atoms with Crippen LogP contribution < -0.4 is 20.1 Å². The summed E-state index contributed by atoms with van der Waals surface area (Å²) in [4.78, 5) is 18.0. The lowest BCUT2D eigenvalue weighted by atomic mass is 9.94. The average Bonchev–Trinajstić information content (AvgIpc) is 3.38. The zero-order chi connectivity index (χ0) is 27.7. The van der Waals surface area contributed by atoms with Gasteiger partial charge in [0.25, 0.3) is 5.91 Å². The Bertz CT molecular complexity index is 1600. The highest BCUT2D eigenvalue weighted by Crippen LogP contribution is 2.39. The fourth-order valence-electron chi connectivity index (χ4n) is 4.60. The molecule has 10 heteroatoms. The van der Waals surface area contributed by atoms with Gasteiger partial charge in [0.05, 0.1) is 22.7 Å². The lowest BCUT2D eigenvalue weighted by molar-refractivity contribution is -0.113. The molecule has 1 aliphatic rings. The second kappa shape index (κ2) is 11.0. The standard InChI is InChI=1S/C29H27Cl2N5O3/c1-16-5-9-23(17(2)11-16)35-28(37)26-18(3)34-29-32-15-33-36(29)27(26)20-7-10-24(25(13-20)38-4)39-14-19-6-8-21(30)22(31)12-19/h5-13,15,27H,14H2,1-4H3,(H,35,37)(H,32,33,34)/t27-/m1/s1. The van der Waals surface area contributed by atoms with Crippen molar-refractivity contribution in [1.82, 2.24) is 14.8 Å². The van der Waals surface area contributed by atoms with Crippen LogP contribution >= 0.6 is 23.2 Å². The second-order valence-corrected chi connectivity index (χ2v) is 10.1. The van der Waals surface area contributed by atoms with Gasteiger partial charge >= 0.3 is 0 Å². The van der Waals surface area contributed by atoms with Crippen LogP contribution in [0.25, 0.3) is 0 Å². The van der Waals surface area contributed by atoms with Crippen LogP contribution in [-0.2, 0) is 11.4 Å². The minimum absolute atomic E-state index is 0.239. The van der Waals surface area contributed by atoms with E-state index in [4.69, 9.17) is 32.7 Å². The van der Waals surface area contributed by atoms with E-state index in [-0.39, 0.29) is 12.5 Å². The maximum atomic E-state index is 13.7. The van der Waals surface area contributed by atoms with Gasteiger partial charge in [0.1, 0.15) is 19.0 Å². The van der Waals surface area contributed by atoms with Gasteiger partial charge in [-0.3, -0.25) is 4.79 Å². The molecule has 8 nitrogen and oxygen atoms in total. The first-order valence-corrected chi connectivity index (χ1v) is 13.0. The third-order valence-electron chi connectivity index (χ3n) is 6.55. The predicted octanol–water partition coefficient (Wildman–Crippen LogP) is 6.72. The molecule has 39 heavy (non-hydrogen) atoms. The number of nitrogens with one attached hydrogen (secondary N) is 2. The summed E-state index contributed by atoms with van der Waals surface area (Å²) >= 11 is 12.2. The Morgan fingerprint density at radius 3 is 2.59 bits per heavy atom. The summed E-state index contributed by atoms with van der Waals surface area (Å²) in [5.74, 6) is 1.36. The van der Waals surface area contributed by atoms with E-state index in [9.17, 15) is 4.79 Å². The molecule has 5 rings (SSSR count). The van der Waals surface area contributed by atoms with Crippen molar-refractivity contribution in [1.29, 1.82) is 0 Å². The molecule has 2 N–H and O–H groups in total. The molecule has 1 aliphatic heterocycles. The average molecular weight is 564 g/mol. The van der Waals surface area contributed by atoms with E-state index in [1.54, 1.807) is 23.9 Å². The smallest absolute Gasteiger partial charge is 0.255 e. The number of amides is 1. The summed E-state index contributed by atoms with van der Waals surface area (Å²) in [5.41, 5.74) is 5.70. The topological polar surface area (TPSA) is 90.3 Å². The number of carbonyl (C=O) groups excluding carboxylic acids is 1. The molecule has 0 spiro atoms. The number of ether oxygens (including phenoxy) is 2. The van der Waals surface area contributed by atoms with Crippen LogP contribution in [0.1, 0.15) is 35.2 Å². The fraction of sp³-hybridized carbons (Fsp3) is 0.207. The molecule has 0 fully saturated rings. The molecular formula is C29H27Cl2N5O3. The molecule has 4 aromatic rings. The number of fused-ring (bicyclic) bond motifs is 1. The molecule has 0 saturated carbocycles. The van der Waals surface area contributed by atoms with Crippen molar-refractivity contribution in [2.45, 2.75) is 33.4 Å². The summed E-state index contributed by atoms with van der Waals surface area (Å²) in [6.07, 6.45) is 1.46. The van der Waals surface area contributed by atoms with E-state index < -0.39 is 6.04 Å². The molecule has 1 atom stereocenters. The lowest BCUT2D eigenvalue weighted by Gasteiger charge is -2.29. The third kappa shape index (κ3) is 5.44. The number of benzene rings is 3. The first-order valence-electron chi connectivity index (χ1n) is 12.3. The van der Waals surface area contributed by atoms with Gasteiger partial charge < -0.3 is 20.1 Å². The summed E-state index contributed by atoms with van der Waals surface area (Å²) in [7, 11) is 1.57. The summed E-state index contributed by atoms with van der Waals surface area (Å²) < 4.78 is 13.4. The Morgan fingerprint density at radius 2 is 1.85 bits per heavy atom. The number of methoxy groups -OCH3 is 1. The van der Waals surface area contributed by atoms with Gasteiger partial charge in [-0.15, -0.1) is 0 Å². The minimum atomic E-state index is -0.549. The zero-order valence-corrected chi connectivity index (χ0v) is 23.4. The van der Waals surface area contributed by atoms with Gasteiger partial charge in [-0.05, 0) is 67.8 Å². The highest BCUT2D eigenvalue weighted by molar-refractivity contribution is 6.42. The summed E-state index contributed by atoms with van der Waals surface area (Å²) in [5, 5.41) is 11.6. The van der Waals surface area contributed by atoms with Crippen molar-refractivity contribution in [3.8, 4) is 11.5 Å². The van der Waals surface area contributed by atoms with E-state index in [0.29, 0.717) is 38.8 Å². The van der Waals surface area contributed by atoms with Gasteiger partial charge in [0.2, 0.25) is 5.95 Å². The highest BCUT2D eigenvalue weighted by Gasteiger charge is 2.34. The number of aryl methyl sites for hydroxylation is 2. The fourth-order valence-corrected chi connectivity index (χ4v) is 4.92. The molecule has 1 aromatic heterocycles. The number of hydrogen-bond acceptors (Lipinski definition) is 6. The highest BCUT2D eigenvalue weighted by atomic mass is 35.5. The Labute approximate surface area is 236 Å². The molecule has 0 aliphatic carbocycles. The van der Waals surface area contributed by atoms with E-state index in [0.717, 1.165) is 27.9 Å². The van der Waals surface area contributed by atoms with Gasteiger partial charge in [0, 0.05) is 11.4 Å². The van der Waals surface area contributed by atoms with Crippen molar-refractivity contribution in [2.75, 3.05) is 17.7 Å². The molecular weight excluding hydrogens is 537 g/mol. The van der Waals surface area contributed by atoms with Gasteiger partial charge in [-0.2, -0.15) is 10.1 Å². The van der Waals surface area contributed by atoms with Crippen molar-refractivity contribution in [3.63, 3.8) is 0 Å². The monoisotopic (exact) mass is 563 g/mol. The second-order valence-electron chi connectivity index (χ2n) is 9.31. The molecule has 0 bridgehead atoms. The van der Waals surface area contributed by atoms with Gasteiger partial charge in [-0.25, -0.2) is 4.68 Å². The summed E-state index contributed by atoms with van der Waals surface area (Å²) in [6, 6.07) is 16.3. The quantitative estimate of drug-likeness (QED) is 0.259. The maximum Gasteiger partial charge on any atom is 0.255 e. The van der Waals surface area contributed by atoms with Crippen LogP contribution in [0.5, 0.6) is 11.5 Å². The Kier molecular flexibility index (Phi) is 7.50. The molecule has 1 amide bonds. The number of halogens is 2. The maximum absolute atomic E-state index is 13.7. The first kappa shape index (κ1) is 26.6. The normalized spacial score (nSPS) is 14.5. The van der Waals surface area contributed by atoms with Crippen LogP contribution in [-0.4, -0.2) is 27.8 Å². The van der Waals surface area contributed by atoms with Gasteiger partial charge in [-0.1, -0.05) is 53.0 Å². The third-order valence-corrected chi connectivity index (χ3v) is 7.29. The Hall–Kier alpha value is -4.01. The lowest BCUT2D eigenvalue weighted by Crippen LogP contribution is -2.31. The number of carbonyl (C=O) groups is 1. The Morgan fingerprint density at radius 1 is 1.03 bits per heavy atom. The minimum Gasteiger partial charge on any atom is -0.493 e. The van der Waals surface area contributed by atoms with E-state index in [1.807, 2.05) is 63.2 Å². The van der Waals surface area contributed by atoms with Crippen LogP contribution in [0.4, 0.5) is 11.6 Å². The van der Waals surface area contributed by atoms with Crippen LogP contribution in [0.15, 0.2) is 72.2 Å². The molecule has 0 radical (unpaired) electrons. The van der Waals surface area contributed by atoms with Crippen molar-refractivity contribution >= 4 is 40.7 Å². The van der Waals surface area contributed by atoms with E-state index in [2.05, 4.69) is 20.7 Å². The van der Waals surface area contributed by atoms with E-state index in [1.165, 1.54) is 6.33 Å². The van der Waals surface area contributed by atoms with Crippen LogP contribution in [0.2, 0.25) is 10.0 Å². The van der Waals surface area contributed by atoms with Crippen molar-refractivity contribution in [2.24, 2.45) is 0 Å². The molecule has 0 unspecified atom stereocenters. The largest absolute Gasteiger partial charge is 0.493 e. The number of allylic oxidation sites excluding steroid dienone is 1. The molecule has 0 saturated heterocycles. The predicted molar refractivity (Wildman–Crippen MR) is 153 cm³/mol. The van der Waals surface area contributed by atoms with Crippen molar-refractivity contribution in [3.05, 3.63) is 104 Å². The Balaban J connectivity index is 1.47. The SMILES string of the molecule is COc1cc([C@@H]2C(C(=O)Nc3ccc(C)cc3C)=C(C)Nc3ncnn32)ccc1OCc1ccc(Cl)c(Cl)c1. The van der Waals surface area contributed by atoms with Crippen LogP contribution in [0.3, 0.4) is 0 Å². The molecule has 3 aromatic carbocycles. The number of rotatable bonds is 7. The summed E-state index contributed by atoms with van der Waals surface area (Å²) in [6.45, 7) is 6.12. The number of nitrogens with zero attached hydrogens (tertiary/aromatic N) is 3. The van der Waals surface area contributed by atoms with Crippen molar-refractivity contribution < 1.29 is 14.3 Å². The number of anilines is 2. The number of aromatic nitrogens is 3. The van der Waals surface area contributed by atoms with Gasteiger partial charge in [0.15, 0.2) is 11.5 Å². The number of hydrogen-bond donors (Lipinski definition) is 2. The molecule has 2 heterocycles. The van der Waals surface area contributed by atoms with Crippen LogP contribution in [0, 0.1) is 13.8 Å². The zero-order valence-electron chi connectivity index (χ0n) is 21.9. The molecule has 200 valence electrons. The first-order chi connectivity index (χ1) is 18.7.